The Bertz CT molecular complexity index is 314. The molecule has 0 saturated carbocycles. The van der Waals surface area contributed by atoms with Gasteiger partial charge >= 0.3 is 5.97 Å². The highest BCUT2D eigenvalue weighted by atomic mass is 79.9. The molecule has 2 unspecified atom stereocenters. The van der Waals surface area contributed by atoms with Gasteiger partial charge < -0.3 is 15.9 Å². The largest absolute Gasteiger partial charge is 0.480 e. The molecule has 0 radical (unpaired) electrons. The second-order valence-electron chi connectivity index (χ2n) is 2.48. The average Bonchev–Trinajstić information content (AvgIpc) is 2.49. The molecule has 13 heavy (non-hydrogen) atoms. The number of carboxylic acid groups (broad SMARTS) is 1. The molecule has 0 aliphatic heterocycles. The minimum Gasteiger partial charge on any atom is -0.480 e. The Kier molecular flexibility index (Phi) is 3.43. The molecule has 0 saturated heterocycles. The lowest BCUT2D eigenvalue weighted by Gasteiger charge is -2.12. The van der Waals surface area contributed by atoms with E-state index in [2.05, 4.69) is 15.9 Å². The first-order valence-corrected chi connectivity index (χ1v) is 5.10. The van der Waals surface area contributed by atoms with Gasteiger partial charge in [-0.15, -0.1) is 11.3 Å². The Labute approximate surface area is 87.1 Å². The van der Waals surface area contributed by atoms with Gasteiger partial charge in [-0.25, -0.2) is 0 Å². The Hall–Kier alpha value is -0.430. The molecule has 0 bridgehead atoms. The van der Waals surface area contributed by atoms with Crippen molar-refractivity contribution in [1.29, 1.82) is 0 Å². The fourth-order valence-electron chi connectivity index (χ4n) is 0.795. The third-order valence-corrected chi connectivity index (χ3v) is 3.27. The second-order valence-corrected chi connectivity index (χ2v) is 4.33. The van der Waals surface area contributed by atoms with E-state index >= 15 is 0 Å². The lowest BCUT2D eigenvalue weighted by Crippen LogP contribution is -2.36. The Morgan fingerprint density at radius 1 is 1.69 bits per heavy atom. The van der Waals surface area contributed by atoms with Crippen molar-refractivity contribution >= 4 is 33.2 Å². The molecule has 1 heterocycles. The van der Waals surface area contributed by atoms with Crippen LogP contribution in [0.5, 0.6) is 0 Å². The summed E-state index contributed by atoms with van der Waals surface area (Å²) in [7, 11) is 0. The first-order chi connectivity index (χ1) is 6.02. The first kappa shape index (κ1) is 10.6. The van der Waals surface area contributed by atoms with E-state index in [4.69, 9.17) is 10.8 Å². The number of thiophene rings is 1. The van der Waals surface area contributed by atoms with Crippen molar-refractivity contribution < 1.29 is 15.0 Å². The van der Waals surface area contributed by atoms with Gasteiger partial charge in [0.1, 0.15) is 12.1 Å². The van der Waals surface area contributed by atoms with Gasteiger partial charge in [0, 0.05) is 14.7 Å². The average molecular weight is 266 g/mol. The smallest absolute Gasteiger partial charge is 0.323 e. The van der Waals surface area contributed by atoms with Crippen LogP contribution >= 0.6 is 27.3 Å². The lowest BCUT2D eigenvalue weighted by molar-refractivity contribution is -0.141. The summed E-state index contributed by atoms with van der Waals surface area (Å²) in [6.07, 6.45) is -1.14. The predicted molar refractivity (Wildman–Crippen MR) is 52.6 cm³/mol. The van der Waals surface area contributed by atoms with Gasteiger partial charge in [-0.3, -0.25) is 4.79 Å². The van der Waals surface area contributed by atoms with Crippen molar-refractivity contribution in [3.8, 4) is 0 Å². The maximum absolute atomic E-state index is 10.4. The van der Waals surface area contributed by atoms with Crippen molar-refractivity contribution in [3.63, 3.8) is 0 Å². The van der Waals surface area contributed by atoms with Gasteiger partial charge in [-0.2, -0.15) is 0 Å². The normalized spacial score (nSPS) is 15.3. The summed E-state index contributed by atoms with van der Waals surface area (Å²) in [5.41, 5.74) is 5.24. The summed E-state index contributed by atoms with van der Waals surface area (Å²) in [5, 5.41) is 19.7. The van der Waals surface area contributed by atoms with Crippen LogP contribution in [-0.2, 0) is 4.79 Å². The summed E-state index contributed by atoms with van der Waals surface area (Å²) in [6, 6.07) is 0.378. The summed E-state index contributed by atoms with van der Waals surface area (Å²) in [4.78, 5) is 11.0. The van der Waals surface area contributed by atoms with E-state index in [0.717, 1.165) is 4.47 Å². The van der Waals surface area contributed by atoms with Crippen LogP contribution in [0.3, 0.4) is 0 Å². The number of nitrogens with two attached hydrogens (primary N) is 1. The van der Waals surface area contributed by atoms with Crippen LogP contribution in [-0.4, -0.2) is 22.2 Å². The molecule has 0 aliphatic carbocycles. The highest BCUT2D eigenvalue weighted by molar-refractivity contribution is 9.10. The van der Waals surface area contributed by atoms with Crippen molar-refractivity contribution in [2.75, 3.05) is 0 Å². The summed E-state index contributed by atoms with van der Waals surface area (Å²) in [6.45, 7) is 0. The number of aliphatic hydroxyl groups excluding tert-OH is 1. The first-order valence-electron chi connectivity index (χ1n) is 3.42. The molecule has 0 aromatic carbocycles. The number of hydrogen-bond donors (Lipinski definition) is 3. The molecule has 1 aromatic heterocycles. The number of carboxylic acids is 1. The molecule has 1 aromatic rings. The zero-order valence-electron chi connectivity index (χ0n) is 6.48. The van der Waals surface area contributed by atoms with Gasteiger partial charge in [-0.05, 0) is 22.0 Å². The maximum Gasteiger partial charge on any atom is 0.323 e. The molecule has 0 aliphatic rings. The fourth-order valence-corrected chi connectivity index (χ4v) is 2.27. The highest BCUT2D eigenvalue weighted by Gasteiger charge is 2.24. The third kappa shape index (κ3) is 2.50. The minimum atomic E-state index is -1.27. The van der Waals surface area contributed by atoms with Crippen molar-refractivity contribution in [2.24, 2.45) is 5.73 Å². The minimum absolute atomic E-state index is 0.543. The Morgan fingerprint density at radius 2 is 2.31 bits per heavy atom. The SMILES string of the molecule is NC(C(=O)O)C(O)c1cc(Br)cs1. The molecule has 4 nitrogen and oxygen atoms in total. The summed E-state index contributed by atoms with van der Waals surface area (Å²) in [5.74, 6) is -1.21. The van der Waals surface area contributed by atoms with E-state index in [1.54, 1.807) is 11.4 Å². The van der Waals surface area contributed by atoms with E-state index in [-0.39, 0.29) is 0 Å². The van der Waals surface area contributed by atoms with E-state index in [9.17, 15) is 9.90 Å². The Balaban J connectivity index is 2.78. The zero-order chi connectivity index (χ0) is 10.0. The molecule has 72 valence electrons. The van der Waals surface area contributed by atoms with Crippen LogP contribution in [0.1, 0.15) is 11.0 Å². The standard InChI is InChI=1S/C7H8BrNO3S/c8-3-1-4(13-2-3)6(10)5(9)7(11)12/h1-2,5-6,10H,9H2,(H,11,12). The molecule has 0 amide bonds. The van der Waals surface area contributed by atoms with Crippen LogP contribution in [0, 0.1) is 0 Å². The molecule has 1 rings (SSSR count). The molecule has 0 fully saturated rings. The number of aliphatic hydroxyl groups is 1. The van der Waals surface area contributed by atoms with E-state index in [1.165, 1.54) is 11.3 Å². The van der Waals surface area contributed by atoms with Crippen molar-refractivity contribution in [1.82, 2.24) is 0 Å². The van der Waals surface area contributed by atoms with Crippen LogP contribution in [0.2, 0.25) is 0 Å². The lowest BCUT2D eigenvalue weighted by atomic mass is 10.1. The third-order valence-electron chi connectivity index (χ3n) is 1.50. The van der Waals surface area contributed by atoms with Gasteiger partial charge in [-0.1, -0.05) is 0 Å². The van der Waals surface area contributed by atoms with E-state index < -0.39 is 18.1 Å². The quantitative estimate of drug-likeness (QED) is 0.760. The number of halogens is 1. The maximum atomic E-state index is 10.4. The van der Waals surface area contributed by atoms with Gasteiger partial charge in [0.25, 0.3) is 0 Å². The monoisotopic (exact) mass is 265 g/mol. The number of rotatable bonds is 3. The van der Waals surface area contributed by atoms with Crippen LogP contribution in [0.15, 0.2) is 15.9 Å². The number of aliphatic carboxylic acids is 1. The molecular weight excluding hydrogens is 258 g/mol. The van der Waals surface area contributed by atoms with E-state index in [1.807, 2.05) is 0 Å². The summed E-state index contributed by atoms with van der Waals surface area (Å²) < 4.78 is 0.809. The second kappa shape index (κ2) is 4.19. The molecule has 0 spiro atoms. The molecule has 4 N–H and O–H groups in total. The van der Waals surface area contributed by atoms with Crippen molar-refractivity contribution in [2.45, 2.75) is 12.1 Å². The topological polar surface area (TPSA) is 83.6 Å². The van der Waals surface area contributed by atoms with Gasteiger partial charge in [0.15, 0.2) is 0 Å². The van der Waals surface area contributed by atoms with Gasteiger partial charge in [0.2, 0.25) is 0 Å². The van der Waals surface area contributed by atoms with Crippen LogP contribution in [0.4, 0.5) is 0 Å². The molecular formula is C7H8BrNO3S. The zero-order valence-corrected chi connectivity index (χ0v) is 8.88. The van der Waals surface area contributed by atoms with Crippen LogP contribution < -0.4 is 5.73 Å². The fraction of sp³-hybridized carbons (Fsp3) is 0.286. The predicted octanol–water partition coefficient (Wildman–Crippen LogP) is 0.956. The molecule has 2 atom stereocenters. The van der Waals surface area contributed by atoms with Gasteiger partial charge in [0.05, 0.1) is 0 Å². The number of hydrogen-bond acceptors (Lipinski definition) is 4. The molecule has 6 heteroatoms. The summed E-state index contributed by atoms with van der Waals surface area (Å²) >= 11 is 4.46. The highest BCUT2D eigenvalue weighted by Crippen LogP contribution is 2.26. The van der Waals surface area contributed by atoms with E-state index in [0.29, 0.717) is 4.88 Å². The number of carbonyl (C=O) groups is 1. The Morgan fingerprint density at radius 3 is 2.69 bits per heavy atom. The van der Waals surface area contributed by atoms with Crippen LogP contribution in [0.25, 0.3) is 0 Å². The van der Waals surface area contributed by atoms with Crippen molar-refractivity contribution in [3.05, 3.63) is 20.8 Å².